The Balaban J connectivity index is 2.90. The second-order valence-corrected chi connectivity index (χ2v) is 2.11. The molecule has 1 rings (SSSR count). The maximum absolute atomic E-state index is 12.5. The molecule has 0 aromatic carbocycles. The zero-order chi connectivity index (χ0) is 8.48. The molecule has 0 saturated carbocycles. The first kappa shape index (κ1) is 8.32. The highest BCUT2D eigenvalue weighted by molar-refractivity contribution is 6.20. The van der Waals surface area contributed by atoms with Crippen LogP contribution in [0.3, 0.4) is 0 Å². The highest BCUT2D eigenvalue weighted by Gasteiger charge is 2.41. The maximum Gasteiger partial charge on any atom is 0.389 e. The average Bonchev–Trinajstić information content (AvgIpc) is 2.37. The van der Waals surface area contributed by atoms with E-state index in [4.69, 9.17) is 0 Å². The van der Waals surface area contributed by atoms with Crippen molar-refractivity contribution in [3.8, 4) is 0 Å². The summed E-state index contributed by atoms with van der Waals surface area (Å²) in [6, 6.07) is -3.84. The first-order valence-electron chi connectivity index (χ1n) is 2.56. The van der Waals surface area contributed by atoms with Crippen LogP contribution in [0.2, 0.25) is 0 Å². The molecule has 0 bridgehead atoms. The number of hydrogen-bond donors (Lipinski definition) is 0. The van der Waals surface area contributed by atoms with E-state index in [-0.39, 0.29) is 4.68 Å². The number of rotatable bonds is 2. The number of nitrogens with zero attached hydrogens (tertiary/aromatic N) is 3. The normalized spacial score (nSPS) is 14.9. The largest absolute Gasteiger partial charge is 0.389 e. The highest BCUT2D eigenvalue weighted by atomic mass is 35.5. The summed E-state index contributed by atoms with van der Waals surface area (Å²) in [4.78, 5) is 3.22. The Hall–Kier alpha value is -0.780. The maximum atomic E-state index is 12.5. The predicted octanol–water partition coefficient (Wildman–Crippen LogP) is 1.36. The minimum absolute atomic E-state index is 0.0602. The van der Waals surface area contributed by atoms with Gasteiger partial charge in [0.25, 0.3) is 5.63 Å². The van der Waals surface area contributed by atoms with Crippen LogP contribution in [0.4, 0.5) is 13.2 Å². The smallest absolute Gasteiger partial charge is 0.223 e. The van der Waals surface area contributed by atoms with Crippen LogP contribution < -0.4 is 0 Å². The Morgan fingerprint density at radius 2 is 2.18 bits per heavy atom. The van der Waals surface area contributed by atoms with E-state index in [1.165, 1.54) is 0 Å². The minimum Gasteiger partial charge on any atom is -0.223 e. The van der Waals surface area contributed by atoms with Crippen molar-refractivity contribution in [3.05, 3.63) is 12.7 Å². The molecule has 0 radical (unpaired) electrons. The van der Waals surface area contributed by atoms with E-state index in [0.717, 1.165) is 6.33 Å². The molecule has 1 aromatic heterocycles. The van der Waals surface area contributed by atoms with Crippen LogP contribution in [0, 0.1) is 0 Å². The van der Waals surface area contributed by atoms with Crippen LogP contribution in [0.5, 0.6) is 0 Å². The zero-order valence-electron chi connectivity index (χ0n) is 5.09. The van der Waals surface area contributed by atoms with E-state index >= 15 is 0 Å². The predicted molar refractivity (Wildman–Crippen MR) is 31.0 cm³/mol. The second-order valence-electron chi connectivity index (χ2n) is 1.73. The number of halogens is 4. The van der Waals surface area contributed by atoms with Gasteiger partial charge in [-0.05, 0) is 0 Å². The van der Waals surface area contributed by atoms with Crippen molar-refractivity contribution >= 4 is 11.6 Å². The molecular formula is C4H3ClF3N3. The molecule has 0 N–H and O–H groups in total. The Morgan fingerprint density at radius 3 is 2.55 bits per heavy atom. The second kappa shape index (κ2) is 2.69. The summed E-state index contributed by atoms with van der Waals surface area (Å²) >= 11 is 4.56. The van der Waals surface area contributed by atoms with Crippen LogP contribution in [0.25, 0.3) is 0 Å². The van der Waals surface area contributed by atoms with E-state index in [9.17, 15) is 13.2 Å². The fourth-order valence-corrected chi connectivity index (χ4v) is 0.562. The van der Waals surface area contributed by atoms with E-state index in [2.05, 4.69) is 21.7 Å². The van der Waals surface area contributed by atoms with Crippen molar-refractivity contribution in [1.82, 2.24) is 14.8 Å². The lowest BCUT2D eigenvalue weighted by Crippen LogP contribution is -2.31. The molecule has 11 heavy (non-hydrogen) atoms. The van der Waals surface area contributed by atoms with Gasteiger partial charge in [-0.15, -0.1) is 0 Å². The highest BCUT2D eigenvalue weighted by Crippen LogP contribution is 2.28. The number of alkyl halides is 4. The molecule has 0 aliphatic heterocycles. The Morgan fingerprint density at radius 1 is 1.55 bits per heavy atom. The lowest BCUT2D eigenvalue weighted by atomic mass is 10.6. The first-order chi connectivity index (χ1) is 5.05. The van der Waals surface area contributed by atoms with Crippen molar-refractivity contribution in [2.24, 2.45) is 0 Å². The van der Waals surface area contributed by atoms with Crippen LogP contribution in [0.15, 0.2) is 12.7 Å². The fraction of sp³-hybridized carbons (Fsp3) is 0.500. The number of aromatic nitrogens is 3. The molecule has 1 atom stereocenters. The summed E-state index contributed by atoms with van der Waals surface area (Å²) in [6.45, 7) is 0. The quantitative estimate of drug-likeness (QED) is 0.652. The summed E-state index contributed by atoms with van der Waals surface area (Å²) in [6.07, 6.45) is 1.56. The molecular weight excluding hydrogens is 183 g/mol. The van der Waals surface area contributed by atoms with Crippen molar-refractivity contribution < 1.29 is 13.2 Å². The van der Waals surface area contributed by atoms with Crippen LogP contribution in [0.1, 0.15) is 0 Å². The van der Waals surface area contributed by atoms with Gasteiger partial charge in [0.2, 0.25) is 0 Å². The summed E-state index contributed by atoms with van der Waals surface area (Å²) in [7, 11) is 0. The summed E-state index contributed by atoms with van der Waals surface area (Å²) < 4.78 is 37.0. The van der Waals surface area contributed by atoms with Gasteiger partial charge in [-0.2, -0.15) is 18.6 Å². The molecule has 0 spiro atoms. The van der Waals surface area contributed by atoms with Gasteiger partial charge in [0.05, 0.1) is 0 Å². The number of hydrogen-bond acceptors (Lipinski definition) is 2. The summed E-state index contributed by atoms with van der Waals surface area (Å²) in [5, 5.41) is 3.04. The van der Waals surface area contributed by atoms with Crippen LogP contribution >= 0.6 is 11.6 Å². The molecule has 0 saturated heterocycles. The molecule has 1 unspecified atom stereocenters. The van der Waals surface area contributed by atoms with Gasteiger partial charge in [-0.25, -0.2) is 9.37 Å². The monoisotopic (exact) mass is 185 g/mol. The molecule has 0 aliphatic rings. The lowest BCUT2D eigenvalue weighted by molar-refractivity contribution is -0.125. The third-order valence-corrected chi connectivity index (χ3v) is 1.25. The lowest BCUT2D eigenvalue weighted by Gasteiger charge is -2.14. The van der Waals surface area contributed by atoms with E-state index in [0.29, 0.717) is 6.33 Å². The molecule has 62 valence electrons. The Bertz CT molecular complexity index is 222. The summed E-state index contributed by atoms with van der Waals surface area (Å²) in [5.41, 5.74) is -2.80. The SMILES string of the molecule is FC(Cl)C(F)(F)n1cncn1. The van der Waals surface area contributed by atoms with Crippen molar-refractivity contribution in [2.75, 3.05) is 0 Å². The summed E-state index contributed by atoms with van der Waals surface area (Å²) in [5.74, 6) is 0. The Kier molecular flexibility index (Phi) is 2.03. The minimum atomic E-state index is -3.84. The van der Waals surface area contributed by atoms with Gasteiger partial charge >= 0.3 is 6.05 Å². The molecule has 3 nitrogen and oxygen atoms in total. The Labute approximate surface area is 64.8 Å². The van der Waals surface area contributed by atoms with Crippen molar-refractivity contribution in [3.63, 3.8) is 0 Å². The molecule has 7 heteroatoms. The van der Waals surface area contributed by atoms with E-state index in [1.54, 1.807) is 0 Å². The first-order valence-corrected chi connectivity index (χ1v) is 3.00. The standard InChI is InChI=1S/C4H3ClF3N3/c5-3(6)4(7,8)11-2-9-1-10-11/h1-3H. The van der Waals surface area contributed by atoms with Gasteiger partial charge in [0.1, 0.15) is 12.7 Å². The molecule has 0 fully saturated rings. The average molecular weight is 186 g/mol. The van der Waals surface area contributed by atoms with Gasteiger partial charge in [-0.1, -0.05) is 11.6 Å². The molecule has 1 aromatic rings. The van der Waals surface area contributed by atoms with E-state index in [1.807, 2.05) is 0 Å². The van der Waals surface area contributed by atoms with Gasteiger partial charge in [0.15, 0.2) is 0 Å². The van der Waals surface area contributed by atoms with Crippen LogP contribution in [-0.4, -0.2) is 20.4 Å². The van der Waals surface area contributed by atoms with Crippen molar-refractivity contribution in [2.45, 2.75) is 11.7 Å². The van der Waals surface area contributed by atoms with E-state index < -0.39 is 11.7 Å². The van der Waals surface area contributed by atoms with Gasteiger partial charge in [-0.3, -0.25) is 0 Å². The molecule has 0 amide bonds. The topological polar surface area (TPSA) is 30.7 Å². The molecule has 1 heterocycles. The third kappa shape index (κ3) is 1.45. The van der Waals surface area contributed by atoms with Crippen LogP contribution in [-0.2, 0) is 6.05 Å². The fourth-order valence-electron chi connectivity index (χ4n) is 0.462. The van der Waals surface area contributed by atoms with Gasteiger partial charge < -0.3 is 0 Å². The van der Waals surface area contributed by atoms with Crippen molar-refractivity contribution in [1.29, 1.82) is 0 Å². The zero-order valence-corrected chi connectivity index (χ0v) is 5.84. The van der Waals surface area contributed by atoms with Gasteiger partial charge in [0, 0.05) is 0 Å². The third-order valence-electron chi connectivity index (χ3n) is 0.987. The molecule has 0 aliphatic carbocycles.